The Balaban J connectivity index is 3.31. The third-order valence-corrected chi connectivity index (χ3v) is 2.20. The quantitative estimate of drug-likeness (QED) is 0.488. The van der Waals surface area contributed by atoms with Gasteiger partial charge in [0.1, 0.15) is 17.8 Å². The molecule has 0 aliphatic heterocycles. The van der Waals surface area contributed by atoms with Crippen molar-refractivity contribution in [3.63, 3.8) is 0 Å². The van der Waals surface area contributed by atoms with Gasteiger partial charge in [-0.15, -0.1) is 0 Å². The highest BCUT2D eigenvalue weighted by Crippen LogP contribution is 2.37. The average molecular weight is 275 g/mol. The second-order valence-electron chi connectivity index (χ2n) is 3.28. The van der Waals surface area contributed by atoms with Gasteiger partial charge in [-0.1, -0.05) is 0 Å². The van der Waals surface area contributed by atoms with Crippen LogP contribution in [0.1, 0.15) is 0 Å². The van der Waals surface area contributed by atoms with Crippen LogP contribution < -0.4 is 14.9 Å². The first-order valence-electron chi connectivity index (χ1n) is 5.11. The Morgan fingerprint density at radius 1 is 1.30 bits per heavy atom. The fraction of sp³-hybridized carbons (Fsp3) is 0.182. The third-order valence-electron chi connectivity index (χ3n) is 2.20. The van der Waals surface area contributed by atoms with Crippen LogP contribution in [0.3, 0.4) is 0 Å². The minimum Gasteiger partial charge on any atom is -0.493 e. The number of methoxy groups -OCH3 is 2. The van der Waals surface area contributed by atoms with Gasteiger partial charge in [-0.2, -0.15) is 15.6 Å². The zero-order chi connectivity index (χ0) is 15.1. The molecule has 9 heteroatoms. The molecule has 0 atom stereocenters. The SMILES string of the molecule is COc1cc(NN=C(C#N)C#N)c([N+](=O)[O-])cc1OC. The lowest BCUT2D eigenvalue weighted by molar-refractivity contribution is -0.384. The van der Waals surface area contributed by atoms with E-state index in [2.05, 4.69) is 10.5 Å². The summed E-state index contributed by atoms with van der Waals surface area (Å²) in [7, 11) is 2.71. The maximum atomic E-state index is 11.0. The lowest BCUT2D eigenvalue weighted by Gasteiger charge is -2.09. The summed E-state index contributed by atoms with van der Waals surface area (Å²) < 4.78 is 9.96. The molecule has 0 aromatic heterocycles. The first-order chi connectivity index (χ1) is 9.57. The summed E-state index contributed by atoms with van der Waals surface area (Å²) in [5.41, 5.74) is 1.46. The molecule has 20 heavy (non-hydrogen) atoms. The number of nitriles is 2. The molecule has 0 aliphatic carbocycles. The summed E-state index contributed by atoms with van der Waals surface area (Å²) in [6.07, 6.45) is 0. The van der Waals surface area contributed by atoms with Gasteiger partial charge in [-0.25, -0.2) is 0 Å². The molecule has 0 heterocycles. The van der Waals surface area contributed by atoms with Crippen LogP contribution >= 0.6 is 0 Å². The molecular formula is C11H9N5O4. The standard InChI is InChI=1S/C11H9N5O4/c1-19-10-3-8(15-14-7(5-12)6-13)9(16(17)18)4-11(10)20-2/h3-4,15H,1-2H3. The zero-order valence-electron chi connectivity index (χ0n) is 10.6. The van der Waals surface area contributed by atoms with Gasteiger partial charge in [-0.05, 0) is 0 Å². The van der Waals surface area contributed by atoms with Crippen LogP contribution in [0.2, 0.25) is 0 Å². The Morgan fingerprint density at radius 2 is 1.85 bits per heavy atom. The van der Waals surface area contributed by atoms with E-state index in [0.29, 0.717) is 0 Å². The third kappa shape index (κ3) is 3.11. The van der Waals surface area contributed by atoms with E-state index in [1.807, 2.05) is 0 Å². The number of nitrogens with one attached hydrogen (secondary N) is 1. The highest BCUT2D eigenvalue weighted by atomic mass is 16.6. The van der Waals surface area contributed by atoms with Crippen LogP contribution in [0.15, 0.2) is 17.2 Å². The lowest BCUT2D eigenvalue weighted by Crippen LogP contribution is -2.01. The van der Waals surface area contributed by atoms with Crippen molar-refractivity contribution in [3.8, 4) is 23.6 Å². The van der Waals surface area contributed by atoms with E-state index >= 15 is 0 Å². The van der Waals surface area contributed by atoms with Crippen molar-refractivity contribution in [2.75, 3.05) is 19.6 Å². The molecular weight excluding hydrogens is 266 g/mol. The molecule has 1 aromatic rings. The summed E-state index contributed by atoms with van der Waals surface area (Å²) in [5, 5.41) is 31.5. The highest BCUT2D eigenvalue weighted by molar-refractivity contribution is 6.10. The largest absolute Gasteiger partial charge is 0.493 e. The number of nitrogens with zero attached hydrogens (tertiary/aromatic N) is 4. The van der Waals surface area contributed by atoms with Crippen LogP contribution in [-0.4, -0.2) is 24.9 Å². The van der Waals surface area contributed by atoms with Crippen LogP contribution in [0, 0.1) is 32.8 Å². The number of nitro groups is 1. The molecule has 0 fully saturated rings. The van der Waals surface area contributed by atoms with Crippen molar-refractivity contribution >= 4 is 17.1 Å². The van der Waals surface area contributed by atoms with Gasteiger partial charge in [0.2, 0.25) is 5.71 Å². The van der Waals surface area contributed by atoms with Gasteiger partial charge in [-0.3, -0.25) is 15.5 Å². The molecule has 9 nitrogen and oxygen atoms in total. The molecule has 0 saturated carbocycles. The van der Waals surface area contributed by atoms with Crippen LogP contribution in [0.5, 0.6) is 11.5 Å². The van der Waals surface area contributed by atoms with Crippen molar-refractivity contribution in [2.45, 2.75) is 0 Å². The van der Waals surface area contributed by atoms with Gasteiger partial charge in [0, 0.05) is 6.07 Å². The van der Waals surface area contributed by atoms with Gasteiger partial charge >= 0.3 is 0 Å². The molecule has 0 spiro atoms. The number of hydrogen-bond acceptors (Lipinski definition) is 8. The molecule has 0 radical (unpaired) electrons. The number of nitro benzene ring substituents is 1. The topological polar surface area (TPSA) is 134 Å². The molecule has 1 aromatic carbocycles. The second-order valence-corrected chi connectivity index (χ2v) is 3.28. The molecule has 0 aliphatic rings. The number of benzene rings is 1. The van der Waals surface area contributed by atoms with E-state index in [1.165, 1.54) is 32.4 Å². The van der Waals surface area contributed by atoms with Crippen LogP contribution in [-0.2, 0) is 0 Å². The monoisotopic (exact) mass is 275 g/mol. The number of ether oxygens (including phenoxy) is 2. The van der Waals surface area contributed by atoms with E-state index in [1.54, 1.807) is 0 Å². The summed E-state index contributed by atoms with van der Waals surface area (Å²) in [4.78, 5) is 10.3. The summed E-state index contributed by atoms with van der Waals surface area (Å²) in [6, 6.07) is 5.48. The van der Waals surface area contributed by atoms with E-state index in [0.717, 1.165) is 6.07 Å². The van der Waals surface area contributed by atoms with Gasteiger partial charge < -0.3 is 9.47 Å². The molecule has 102 valence electrons. The van der Waals surface area contributed by atoms with Gasteiger partial charge in [0.25, 0.3) is 5.69 Å². The highest BCUT2D eigenvalue weighted by Gasteiger charge is 2.19. The zero-order valence-corrected chi connectivity index (χ0v) is 10.6. The minimum atomic E-state index is -0.655. The first-order valence-corrected chi connectivity index (χ1v) is 5.11. The van der Waals surface area contributed by atoms with E-state index in [-0.39, 0.29) is 22.9 Å². The predicted octanol–water partition coefficient (Wildman–Crippen LogP) is 1.43. The van der Waals surface area contributed by atoms with Gasteiger partial charge in [0.15, 0.2) is 11.5 Å². The number of hydrogen-bond donors (Lipinski definition) is 1. The molecule has 0 saturated heterocycles. The van der Waals surface area contributed by atoms with Crippen LogP contribution in [0.25, 0.3) is 0 Å². The Labute approximate surface area is 113 Å². The average Bonchev–Trinajstić information content (AvgIpc) is 2.47. The Morgan fingerprint density at radius 3 is 2.30 bits per heavy atom. The number of anilines is 1. The number of rotatable bonds is 5. The molecule has 0 unspecified atom stereocenters. The van der Waals surface area contributed by atoms with E-state index in [9.17, 15) is 10.1 Å². The van der Waals surface area contributed by atoms with Gasteiger partial charge in [0.05, 0.1) is 25.2 Å². The van der Waals surface area contributed by atoms with Crippen LogP contribution in [0.4, 0.5) is 11.4 Å². The fourth-order valence-corrected chi connectivity index (χ4v) is 1.30. The molecule has 1 N–H and O–H groups in total. The maximum absolute atomic E-state index is 11.0. The van der Waals surface area contributed by atoms with Crippen molar-refractivity contribution < 1.29 is 14.4 Å². The van der Waals surface area contributed by atoms with E-state index < -0.39 is 10.6 Å². The lowest BCUT2D eigenvalue weighted by atomic mass is 10.2. The van der Waals surface area contributed by atoms with E-state index in [4.69, 9.17) is 20.0 Å². The van der Waals surface area contributed by atoms with Crippen molar-refractivity contribution in [1.82, 2.24) is 0 Å². The summed E-state index contributed by atoms with van der Waals surface area (Å²) in [6.45, 7) is 0. The second kappa shape index (κ2) is 6.56. The normalized spacial score (nSPS) is 8.80. The number of hydrazone groups is 1. The van der Waals surface area contributed by atoms with Crippen molar-refractivity contribution in [3.05, 3.63) is 22.2 Å². The molecule has 1 rings (SSSR count). The molecule has 0 bridgehead atoms. The summed E-state index contributed by atoms with van der Waals surface area (Å²) >= 11 is 0. The maximum Gasteiger partial charge on any atom is 0.298 e. The predicted molar refractivity (Wildman–Crippen MR) is 68.5 cm³/mol. The molecule has 0 amide bonds. The first kappa shape index (κ1) is 14.7. The minimum absolute atomic E-state index is 0.0318. The Kier molecular flexibility index (Phi) is 4.83. The summed E-state index contributed by atoms with van der Waals surface area (Å²) in [5.74, 6) is 0.417. The van der Waals surface area contributed by atoms with Crippen molar-refractivity contribution in [1.29, 1.82) is 10.5 Å². The van der Waals surface area contributed by atoms with Crippen molar-refractivity contribution in [2.24, 2.45) is 5.10 Å². The fourth-order valence-electron chi connectivity index (χ4n) is 1.30. The smallest absolute Gasteiger partial charge is 0.298 e. The Hall–Kier alpha value is -3.33. The Bertz CT molecular complexity index is 625.